The number of rotatable bonds is 4. The molecule has 1 rings (SSSR count). The minimum Gasteiger partial charge on any atom is -0.383 e. The van der Waals surface area contributed by atoms with Crippen molar-refractivity contribution in [2.24, 2.45) is 0 Å². The minimum absolute atomic E-state index is 0.421. The van der Waals surface area contributed by atoms with E-state index < -0.39 is 18.7 Å². The van der Waals surface area contributed by atoms with Gasteiger partial charge in [-0.15, -0.1) is 0 Å². The van der Waals surface area contributed by atoms with Crippen LogP contribution in [0.4, 0.5) is 13.2 Å². The Hall–Kier alpha value is -1.04. The Morgan fingerprint density at radius 2 is 2.06 bits per heavy atom. The normalized spacial score (nSPS) is 14.1. The summed E-state index contributed by atoms with van der Waals surface area (Å²) in [6.07, 6.45) is -6.67. The maximum Gasteiger partial charge on any atom is 0.414 e. The van der Waals surface area contributed by atoms with Gasteiger partial charge in [0.25, 0.3) is 0 Å². The van der Waals surface area contributed by atoms with Gasteiger partial charge in [-0.05, 0) is 19.4 Å². The van der Waals surface area contributed by atoms with Gasteiger partial charge in [0.2, 0.25) is 0 Å². The summed E-state index contributed by atoms with van der Waals surface area (Å²) in [5.74, 6) is 0. The smallest absolute Gasteiger partial charge is 0.383 e. The molecule has 3 nitrogen and oxygen atoms in total. The number of alkyl halides is 3. The summed E-state index contributed by atoms with van der Waals surface area (Å²) in [5, 5.41) is 13.1. The molecule has 0 aliphatic carbocycles. The van der Waals surface area contributed by atoms with Gasteiger partial charge in [-0.3, -0.25) is 4.68 Å². The van der Waals surface area contributed by atoms with E-state index in [0.29, 0.717) is 18.7 Å². The zero-order valence-corrected chi connectivity index (χ0v) is 9.25. The Kier molecular flexibility index (Phi) is 3.96. The van der Waals surface area contributed by atoms with E-state index in [0.717, 1.165) is 5.69 Å². The molecule has 0 saturated heterocycles. The van der Waals surface area contributed by atoms with Crippen molar-refractivity contribution in [2.75, 3.05) is 0 Å². The highest BCUT2D eigenvalue weighted by Crippen LogP contribution is 2.23. The third-order valence-electron chi connectivity index (χ3n) is 2.36. The quantitative estimate of drug-likeness (QED) is 0.867. The van der Waals surface area contributed by atoms with Crippen molar-refractivity contribution in [3.05, 3.63) is 17.5 Å². The second kappa shape index (κ2) is 4.86. The highest BCUT2D eigenvalue weighted by atomic mass is 19.4. The fourth-order valence-electron chi connectivity index (χ4n) is 1.44. The van der Waals surface area contributed by atoms with E-state index in [9.17, 15) is 13.2 Å². The Bertz CT molecular complexity index is 346. The van der Waals surface area contributed by atoms with Crippen molar-refractivity contribution in [3.8, 4) is 0 Å². The summed E-state index contributed by atoms with van der Waals surface area (Å²) in [7, 11) is 0. The fraction of sp³-hybridized carbons (Fsp3) is 0.700. The number of nitrogens with zero attached hydrogens (tertiary/aromatic N) is 2. The first-order chi connectivity index (χ1) is 7.38. The van der Waals surface area contributed by atoms with Crippen LogP contribution in [0.25, 0.3) is 0 Å². The van der Waals surface area contributed by atoms with E-state index in [4.69, 9.17) is 5.11 Å². The van der Waals surface area contributed by atoms with Gasteiger partial charge in [0, 0.05) is 18.7 Å². The van der Waals surface area contributed by atoms with Gasteiger partial charge >= 0.3 is 6.18 Å². The van der Waals surface area contributed by atoms with Crippen LogP contribution in [0.15, 0.2) is 6.07 Å². The molecule has 0 amide bonds. The standard InChI is InChI=1S/C10H15F3N2O/c1-3-7-5-8(15(4-2)14-7)6-9(16)10(11,12)13/h5,9,16H,3-4,6H2,1-2H3/t9-/m0/s1. The zero-order chi connectivity index (χ0) is 12.3. The molecular formula is C10H15F3N2O. The van der Waals surface area contributed by atoms with Gasteiger partial charge in [-0.2, -0.15) is 18.3 Å². The van der Waals surface area contributed by atoms with E-state index >= 15 is 0 Å². The van der Waals surface area contributed by atoms with Gasteiger partial charge in [-0.25, -0.2) is 0 Å². The summed E-state index contributed by atoms with van der Waals surface area (Å²) in [6, 6.07) is 1.61. The molecular weight excluding hydrogens is 221 g/mol. The molecule has 0 fully saturated rings. The SMILES string of the molecule is CCc1cc(C[C@H](O)C(F)(F)F)n(CC)n1. The maximum absolute atomic E-state index is 12.2. The van der Waals surface area contributed by atoms with Crippen molar-refractivity contribution < 1.29 is 18.3 Å². The first-order valence-corrected chi connectivity index (χ1v) is 5.18. The molecule has 0 aliphatic rings. The lowest BCUT2D eigenvalue weighted by Crippen LogP contribution is -2.31. The topological polar surface area (TPSA) is 38.0 Å². The van der Waals surface area contributed by atoms with Crippen LogP contribution in [0.3, 0.4) is 0 Å². The summed E-state index contributed by atoms with van der Waals surface area (Å²) >= 11 is 0. The van der Waals surface area contributed by atoms with Gasteiger partial charge in [0.1, 0.15) is 0 Å². The van der Waals surface area contributed by atoms with E-state index in [1.807, 2.05) is 6.92 Å². The lowest BCUT2D eigenvalue weighted by molar-refractivity contribution is -0.203. The van der Waals surface area contributed by atoms with Crippen LogP contribution in [0.5, 0.6) is 0 Å². The number of halogens is 3. The first-order valence-electron chi connectivity index (χ1n) is 5.18. The van der Waals surface area contributed by atoms with Gasteiger partial charge in [0.05, 0.1) is 5.69 Å². The van der Waals surface area contributed by atoms with Gasteiger partial charge in [-0.1, -0.05) is 6.92 Å². The van der Waals surface area contributed by atoms with Gasteiger partial charge < -0.3 is 5.11 Å². The average Bonchev–Trinajstić information content (AvgIpc) is 2.59. The number of aliphatic hydroxyl groups is 1. The molecule has 1 aromatic rings. The number of hydrogen-bond donors (Lipinski definition) is 1. The van der Waals surface area contributed by atoms with Crippen molar-refractivity contribution in [3.63, 3.8) is 0 Å². The predicted molar refractivity (Wildman–Crippen MR) is 53.0 cm³/mol. The monoisotopic (exact) mass is 236 g/mol. The Labute approximate surface area is 91.9 Å². The Balaban J connectivity index is 2.83. The molecule has 0 spiro atoms. The van der Waals surface area contributed by atoms with Crippen LogP contribution in [0.1, 0.15) is 25.2 Å². The predicted octanol–water partition coefficient (Wildman–Crippen LogP) is 1.93. The first kappa shape index (κ1) is 13.0. The summed E-state index contributed by atoms with van der Waals surface area (Å²) < 4.78 is 38.0. The van der Waals surface area contributed by atoms with E-state index in [2.05, 4.69) is 5.10 Å². The van der Waals surface area contributed by atoms with Crippen LogP contribution in [0, 0.1) is 0 Å². The Morgan fingerprint density at radius 3 is 2.50 bits per heavy atom. The molecule has 1 aromatic heterocycles. The molecule has 0 radical (unpaired) electrons. The molecule has 16 heavy (non-hydrogen) atoms. The molecule has 1 heterocycles. The van der Waals surface area contributed by atoms with Crippen LogP contribution in [-0.4, -0.2) is 27.2 Å². The second-order valence-corrected chi connectivity index (χ2v) is 3.56. The highest BCUT2D eigenvalue weighted by molar-refractivity contribution is 5.11. The maximum atomic E-state index is 12.2. The summed E-state index contributed by atoms with van der Waals surface area (Å²) in [5.41, 5.74) is 1.16. The Morgan fingerprint density at radius 1 is 1.44 bits per heavy atom. The molecule has 0 aliphatic heterocycles. The number of aromatic nitrogens is 2. The van der Waals surface area contributed by atoms with Gasteiger partial charge in [0.15, 0.2) is 6.10 Å². The number of aliphatic hydroxyl groups excluding tert-OH is 1. The van der Waals surface area contributed by atoms with Crippen molar-refractivity contribution in [2.45, 2.75) is 45.5 Å². The summed E-state index contributed by atoms with van der Waals surface area (Å²) in [6.45, 7) is 4.18. The lowest BCUT2D eigenvalue weighted by atomic mass is 10.1. The third-order valence-corrected chi connectivity index (χ3v) is 2.36. The number of hydrogen-bond acceptors (Lipinski definition) is 2. The lowest BCUT2D eigenvalue weighted by Gasteiger charge is -2.14. The molecule has 1 atom stereocenters. The van der Waals surface area contributed by atoms with Crippen molar-refractivity contribution >= 4 is 0 Å². The zero-order valence-electron chi connectivity index (χ0n) is 9.25. The molecule has 6 heteroatoms. The molecule has 0 saturated carbocycles. The molecule has 0 unspecified atom stereocenters. The minimum atomic E-state index is -4.57. The van der Waals surface area contributed by atoms with Crippen LogP contribution in [0.2, 0.25) is 0 Å². The fourth-order valence-corrected chi connectivity index (χ4v) is 1.44. The van der Waals surface area contributed by atoms with Crippen LogP contribution in [-0.2, 0) is 19.4 Å². The highest BCUT2D eigenvalue weighted by Gasteiger charge is 2.38. The molecule has 1 N–H and O–H groups in total. The molecule has 0 bridgehead atoms. The largest absolute Gasteiger partial charge is 0.414 e. The van der Waals surface area contributed by atoms with E-state index in [-0.39, 0.29) is 0 Å². The second-order valence-electron chi connectivity index (χ2n) is 3.56. The van der Waals surface area contributed by atoms with Crippen LogP contribution >= 0.6 is 0 Å². The van der Waals surface area contributed by atoms with E-state index in [1.165, 1.54) is 4.68 Å². The summed E-state index contributed by atoms with van der Waals surface area (Å²) in [4.78, 5) is 0. The molecule has 92 valence electrons. The number of aryl methyl sites for hydroxylation is 2. The van der Waals surface area contributed by atoms with E-state index in [1.54, 1.807) is 13.0 Å². The molecule has 0 aromatic carbocycles. The average molecular weight is 236 g/mol. The van der Waals surface area contributed by atoms with Crippen molar-refractivity contribution in [1.29, 1.82) is 0 Å². The third kappa shape index (κ3) is 2.98. The van der Waals surface area contributed by atoms with Crippen LogP contribution < -0.4 is 0 Å². The van der Waals surface area contributed by atoms with Crippen molar-refractivity contribution in [1.82, 2.24) is 9.78 Å².